The number of rotatable bonds is 13. The topological polar surface area (TPSA) is 76.7 Å². The molecule has 152 valence electrons. The van der Waals surface area contributed by atoms with Crippen molar-refractivity contribution in [1.29, 1.82) is 0 Å². The maximum atomic E-state index is 12.0. The number of benzene rings is 1. The molecule has 0 aliphatic carbocycles. The van der Waals surface area contributed by atoms with E-state index >= 15 is 0 Å². The fourth-order valence-corrected chi connectivity index (χ4v) is 2.69. The second kappa shape index (κ2) is 13.1. The van der Waals surface area contributed by atoms with Gasteiger partial charge in [-0.15, -0.1) is 0 Å². The number of ether oxygens (including phenoxy) is 2. The van der Waals surface area contributed by atoms with Crippen molar-refractivity contribution >= 4 is 11.9 Å². The van der Waals surface area contributed by atoms with Crippen molar-refractivity contribution in [3.05, 3.63) is 23.8 Å². The molecule has 1 rings (SSSR count). The van der Waals surface area contributed by atoms with Gasteiger partial charge in [0.05, 0.1) is 13.7 Å². The second-order valence-corrected chi connectivity index (χ2v) is 7.11. The van der Waals surface area contributed by atoms with Crippen LogP contribution in [0.4, 0.5) is 0 Å². The maximum Gasteiger partial charge on any atom is 0.325 e. The van der Waals surface area contributed by atoms with Crippen LogP contribution in [-0.2, 0) is 16.1 Å². The van der Waals surface area contributed by atoms with Crippen LogP contribution in [0.5, 0.6) is 11.5 Å². The largest absolute Gasteiger partial charge is 0.493 e. The molecule has 0 saturated heterocycles. The lowest BCUT2D eigenvalue weighted by Crippen LogP contribution is -2.23. The third-order valence-electron chi connectivity index (χ3n) is 4.20. The van der Waals surface area contributed by atoms with Gasteiger partial charge in [0.2, 0.25) is 5.91 Å². The summed E-state index contributed by atoms with van der Waals surface area (Å²) in [5.74, 6) is 1.27. The van der Waals surface area contributed by atoms with Gasteiger partial charge in [-0.1, -0.05) is 45.6 Å². The zero-order chi connectivity index (χ0) is 20.1. The first-order valence-corrected chi connectivity index (χ1v) is 9.75. The maximum absolute atomic E-state index is 12.0. The highest BCUT2D eigenvalue weighted by atomic mass is 16.6. The average Bonchev–Trinajstić information content (AvgIpc) is 2.63. The molecule has 0 aliphatic heterocycles. The Labute approximate surface area is 163 Å². The second-order valence-electron chi connectivity index (χ2n) is 7.11. The predicted octanol–water partition coefficient (Wildman–Crippen LogP) is 3.43. The highest BCUT2D eigenvalue weighted by Crippen LogP contribution is 2.28. The molecule has 27 heavy (non-hydrogen) atoms. The molecule has 1 aromatic rings. The van der Waals surface area contributed by atoms with Gasteiger partial charge in [0.15, 0.2) is 11.5 Å². The Hall–Kier alpha value is -2.08. The van der Waals surface area contributed by atoms with Gasteiger partial charge in [-0.3, -0.25) is 9.59 Å². The summed E-state index contributed by atoms with van der Waals surface area (Å²) in [4.78, 5) is 23.6. The Morgan fingerprint density at radius 3 is 2.48 bits per heavy atom. The molecular formula is C21H34N2O4. The molecule has 0 aliphatic rings. The van der Waals surface area contributed by atoms with Crippen molar-refractivity contribution in [3.63, 3.8) is 0 Å². The predicted molar refractivity (Wildman–Crippen MR) is 107 cm³/mol. The first kappa shape index (κ1) is 23.0. The van der Waals surface area contributed by atoms with E-state index < -0.39 is 0 Å². The number of esters is 1. The van der Waals surface area contributed by atoms with Crippen molar-refractivity contribution in [2.75, 3.05) is 20.7 Å². The van der Waals surface area contributed by atoms with E-state index in [2.05, 4.69) is 24.5 Å². The third kappa shape index (κ3) is 9.99. The number of carbonyl (C=O) groups excluding carboxylic acids is 2. The summed E-state index contributed by atoms with van der Waals surface area (Å²) < 4.78 is 10.5. The van der Waals surface area contributed by atoms with E-state index in [9.17, 15) is 9.59 Å². The molecule has 1 amide bonds. The Morgan fingerprint density at radius 2 is 1.81 bits per heavy atom. The number of unbranched alkanes of at least 4 members (excludes halogenated alkanes) is 3. The number of amides is 1. The van der Waals surface area contributed by atoms with Crippen LogP contribution in [0, 0.1) is 5.92 Å². The number of methoxy groups -OCH3 is 1. The lowest BCUT2D eigenvalue weighted by molar-refractivity contribution is -0.133. The highest BCUT2D eigenvalue weighted by Gasteiger charge is 2.11. The monoisotopic (exact) mass is 378 g/mol. The summed E-state index contributed by atoms with van der Waals surface area (Å²) in [7, 11) is 3.20. The van der Waals surface area contributed by atoms with Crippen molar-refractivity contribution in [3.8, 4) is 11.5 Å². The number of hydrogen-bond acceptors (Lipinski definition) is 5. The standard InChI is InChI=1S/C21H34N2O4/c1-16(2)9-7-5-6-8-10-20(24)23-14-17-11-12-18(19(13-17)26-4)27-21(25)15-22-3/h11-13,16,22H,5-10,14-15H2,1-4H3,(H,23,24). The summed E-state index contributed by atoms with van der Waals surface area (Å²) in [6, 6.07) is 5.27. The first-order chi connectivity index (χ1) is 13.0. The van der Waals surface area contributed by atoms with E-state index in [-0.39, 0.29) is 18.4 Å². The van der Waals surface area contributed by atoms with Gasteiger partial charge in [-0.25, -0.2) is 0 Å². The SMILES string of the molecule is CNCC(=O)Oc1ccc(CNC(=O)CCCCCCC(C)C)cc1OC. The van der Waals surface area contributed by atoms with Gasteiger partial charge in [-0.05, 0) is 37.1 Å². The van der Waals surface area contributed by atoms with Crippen LogP contribution in [0.2, 0.25) is 0 Å². The molecular weight excluding hydrogens is 344 g/mol. The molecule has 0 fully saturated rings. The van der Waals surface area contributed by atoms with Crippen LogP contribution >= 0.6 is 0 Å². The summed E-state index contributed by atoms with van der Waals surface area (Å²) in [6.07, 6.45) is 6.27. The van der Waals surface area contributed by atoms with Crippen molar-refractivity contribution in [2.45, 2.75) is 58.9 Å². The highest BCUT2D eigenvalue weighted by molar-refractivity contribution is 5.76. The molecule has 0 saturated carbocycles. The summed E-state index contributed by atoms with van der Waals surface area (Å²) >= 11 is 0. The molecule has 0 heterocycles. The van der Waals surface area contributed by atoms with Crippen LogP contribution in [0.15, 0.2) is 18.2 Å². The summed E-state index contributed by atoms with van der Waals surface area (Å²) in [5, 5.41) is 5.67. The van der Waals surface area contributed by atoms with Crippen LogP contribution in [0.1, 0.15) is 57.9 Å². The van der Waals surface area contributed by atoms with E-state index in [0.717, 1.165) is 24.3 Å². The lowest BCUT2D eigenvalue weighted by atomic mass is 10.0. The van der Waals surface area contributed by atoms with Gasteiger partial charge >= 0.3 is 5.97 Å². The van der Waals surface area contributed by atoms with Crippen LogP contribution in [0.3, 0.4) is 0 Å². The minimum absolute atomic E-state index is 0.0577. The van der Waals surface area contributed by atoms with Gasteiger partial charge in [-0.2, -0.15) is 0 Å². The van der Waals surface area contributed by atoms with Crippen molar-refractivity contribution in [1.82, 2.24) is 10.6 Å². The quantitative estimate of drug-likeness (QED) is 0.312. The van der Waals surface area contributed by atoms with Crippen molar-refractivity contribution in [2.24, 2.45) is 5.92 Å². The third-order valence-corrected chi connectivity index (χ3v) is 4.20. The first-order valence-electron chi connectivity index (χ1n) is 9.75. The molecule has 0 radical (unpaired) electrons. The molecule has 0 aromatic heterocycles. The Bertz CT molecular complexity index is 588. The zero-order valence-electron chi connectivity index (χ0n) is 17.1. The summed E-state index contributed by atoms with van der Waals surface area (Å²) in [6.45, 7) is 5.02. The molecule has 1 aromatic carbocycles. The minimum atomic E-state index is -0.384. The Kier molecular flexibility index (Phi) is 11.2. The Morgan fingerprint density at radius 1 is 1.07 bits per heavy atom. The van der Waals surface area contributed by atoms with E-state index in [1.807, 2.05) is 6.07 Å². The number of hydrogen-bond donors (Lipinski definition) is 2. The molecule has 2 N–H and O–H groups in total. The summed E-state index contributed by atoms with van der Waals surface area (Å²) in [5.41, 5.74) is 0.894. The van der Waals surface area contributed by atoms with Crippen molar-refractivity contribution < 1.29 is 19.1 Å². The van der Waals surface area contributed by atoms with E-state index in [1.54, 1.807) is 19.2 Å². The van der Waals surface area contributed by atoms with E-state index in [1.165, 1.54) is 26.4 Å². The smallest absolute Gasteiger partial charge is 0.325 e. The molecule has 6 heteroatoms. The average molecular weight is 379 g/mol. The van der Waals surface area contributed by atoms with Crippen LogP contribution < -0.4 is 20.1 Å². The van der Waals surface area contributed by atoms with Gasteiger partial charge < -0.3 is 20.1 Å². The normalized spacial score (nSPS) is 10.7. The molecule has 0 atom stereocenters. The van der Waals surface area contributed by atoms with Gasteiger partial charge in [0.1, 0.15) is 0 Å². The number of nitrogens with one attached hydrogen (secondary N) is 2. The number of carbonyl (C=O) groups is 2. The number of likely N-dealkylation sites (N-methyl/N-ethyl adjacent to an activating group) is 1. The zero-order valence-corrected chi connectivity index (χ0v) is 17.1. The molecule has 6 nitrogen and oxygen atoms in total. The fourth-order valence-electron chi connectivity index (χ4n) is 2.69. The molecule has 0 bridgehead atoms. The lowest BCUT2D eigenvalue weighted by Gasteiger charge is -2.11. The minimum Gasteiger partial charge on any atom is -0.493 e. The molecule has 0 spiro atoms. The van der Waals surface area contributed by atoms with Crippen LogP contribution in [-0.4, -0.2) is 32.6 Å². The Balaban J connectivity index is 2.37. The van der Waals surface area contributed by atoms with Crippen LogP contribution in [0.25, 0.3) is 0 Å². The van der Waals surface area contributed by atoms with Gasteiger partial charge in [0, 0.05) is 13.0 Å². The van der Waals surface area contributed by atoms with E-state index in [0.29, 0.717) is 24.5 Å². The fraction of sp³-hybridized carbons (Fsp3) is 0.619. The van der Waals surface area contributed by atoms with E-state index in [4.69, 9.17) is 9.47 Å². The van der Waals surface area contributed by atoms with Gasteiger partial charge in [0.25, 0.3) is 0 Å². The molecule has 0 unspecified atom stereocenters.